The first-order valence-electron chi connectivity index (χ1n) is 14.8. The molecule has 0 heterocycles. The van der Waals surface area contributed by atoms with E-state index in [1.807, 2.05) is 0 Å². The molecule has 46 heavy (non-hydrogen) atoms. The zero-order valence-electron chi connectivity index (χ0n) is 25.0. The molecule has 3 aliphatic carbocycles. The maximum Gasteiger partial charge on any atom is 0.501 e. The molecule has 2 bridgehead atoms. The van der Waals surface area contributed by atoms with Gasteiger partial charge in [-0.25, -0.2) is 12.8 Å². The third kappa shape index (κ3) is 6.38. The molecule has 2 aromatic rings. The average Bonchev–Trinajstić information content (AvgIpc) is 3.60. The fourth-order valence-corrected chi connectivity index (χ4v) is 7.72. The van der Waals surface area contributed by atoms with Crippen LogP contribution < -0.4 is 20.1 Å². The van der Waals surface area contributed by atoms with Crippen LogP contribution in [0.5, 0.6) is 11.5 Å². The van der Waals surface area contributed by atoms with Gasteiger partial charge in [0.05, 0.1) is 35.0 Å². The van der Waals surface area contributed by atoms with Crippen LogP contribution in [0.15, 0.2) is 41.3 Å². The van der Waals surface area contributed by atoms with Gasteiger partial charge >= 0.3 is 11.5 Å². The van der Waals surface area contributed by atoms with Crippen LogP contribution in [0.4, 0.5) is 23.2 Å². The van der Waals surface area contributed by atoms with Crippen LogP contribution in [0.25, 0.3) is 0 Å². The van der Waals surface area contributed by atoms with Crippen LogP contribution >= 0.6 is 0 Å². The highest BCUT2D eigenvalue weighted by atomic mass is 32.2. The molecule has 0 spiro atoms. The van der Waals surface area contributed by atoms with Crippen LogP contribution in [0.3, 0.4) is 0 Å². The maximum atomic E-state index is 15.0. The number of methoxy groups -OCH3 is 1. The predicted molar refractivity (Wildman–Crippen MR) is 155 cm³/mol. The van der Waals surface area contributed by atoms with Crippen molar-refractivity contribution >= 4 is 33.3 Å². The molecule has 0 aliphatic heterocycles. The molecule has 0 radical (unpaired) electrons. The Balaban J connectivity index is 1.32. The summed E-state index contributed by atoms with van der Waals surface area (Å²) in [6.07, 6.45) is 3.02. The van der Waals surface area contributed by atoms with Gasteiger partial charge in [0.1, 0.15) is 5.75 Å². The van der Waals surface area contributed by atoms with E-state index in [0.29, 0.717) is 38.5 Å². The minimum Gasteiger partial charge on any atom is -0.496 e. The fraction of sp³-hybridized carbons (Fsp3) is 0.516. The Morgan fingerprint density at radius 1 is 1.00 bits per heavy atom. The monoisotopic (exact) mass is 670 g/mol. The van der Waals surface area contributed by atoms with Crippen molar-refractivity contribution in [1.29, 1.82) is 0 Å². The van der Waals surface area contributed by atoms with Gasteiger partial charge in [-0.15, -0.1) is 0 Å². The smallest absolute Gasteiger partial charge is 0.496 e. The van der Waals surface area contributed by atoms with Crippen LogP contribution in [0, 0.1) is 29.0 Å². The molecule has 250 valence electrons. The molecule has 5 rings (SSSR count). The number of benzene rings is 2. The van der Waals surface area contributed by atoms with Crippen molar-refractivity contribution in [1.82, 2.24) is 5.32 Å². The Kier molecular flexibility index (Phi) is 9.01. The van der Waals surface area contributed by atoms with E-state index in [0.717, 1.165) is 30.7 Å². The van der Waals surface area contributed by atoms with Crippen molar-refractivity contribution in [2.24, 2.45) is 23.2 Å². The van der Waals surface area contributed by atoms with Crippen molar-refractivity contribution < 1.29 is 54.9 Å². The summed E-state index contributed by atoms with van der Waals surface area (Å²) in [4.78, 5) is 37.6. The lowest BCUT2D eigenvalue weighted by Gasteiger charge is -2.34. The van der Waals surface area contributed by atoms with E-state index in [9.17, 15) is 41.1 Å². The third-order valence-corrected chi connectivity index (χ3v) is 11.1. The van der Waals surface area contributed by atoms with E-state index in [1.54, 1.807) is 6.92 Å². The number of alkyl halides is 3. The number of halogens is 4. The molecule has 0 saturated heterocycles. The number of carboxylic acids is 1. The van der Waals surface area contributed by atoms with Crippen molar-refractivity contribution in [3.05, 3.63) is 47.8 Å². The second-order valence-corrected chi connectivity index (χ2v) is 14.4. The normalized spacial score (nSPS) is 27.6. The standard InChI is InChI=1S/C31H34F4N2O8S/c1-30(29(40)41)10-8-19(9-11-30)45-24-14-21(23(44-2)15-22(24)32)27(38)37-26-17-7-6-16(12-17)25(26)28(39)36-18-4-3-5-20(13-18)46(42,43)31(33,34)35/h3-5,13-17,19,25-26H,6-12H2,1-2H3,(H,36,39)(H,37,38)(H,40,41). The number of fused-ring (bicyclic) bond motifs is 2. The summed E-state index contributed by atoms with van der Waals surface area (Å²) in [6.45, 7) is 1.65. The summed E-state index contributed by atoms with van der Waals surface area (Å²) < 4.78 is 89.1. The van der Waals surface area contributed by atoms with E-state index >= 15 is 4.39 Å². The number of sulfone groups is 1. The van der Waals surface area contributed by atoms with Gasteiger partial charge in [0.2, 0.25) is 5.91 Å². The SMILES string of the molecule is COc1cc(F)c(OC2CCC(C)(C(=O)O)CC2)cc1C(=O)NC1C2CCC(C2)C1C(=O)Nc1cccc(S(=O)(=O)C(F)(F)F)c1. The molecule has 2 aromatic carbocycles. The summed E-state index contributed by atoms with van der Waals surface area (Å²) in [5, 5.41) is 14.9. The Morgan fingerprint density at radius 3 is 2.30 bits per heavy atom. The molecule has 2 amide bonds. The molecule has 3 saturated carbocycles. The van der Waals surface area contributed by atoms with Gasteiger partial charge in [-0.2, -0.15) is 13.2 Å². The Hall–Kier alpha value is -3.88. The first kappa shape index (κ1) is 33.5. The van der Waals surface area contributed by atoms with Gasteiger partial charge in [0.15, 0.2) is 11.6 Å². The number of carboxylic acid groups (broad SMARTS) is 1. The van der Waals surface area contributed by atoms with Gasteiger partial charge in [-0.3, -0.25) is 14.4 Å². The van der Waals surface area contributed by atoms with Crippen molar-refractivity contribution in [2.75, 3.05) is 12.4 Å². The summed E-state index contributed by atoms with van der Waals surface area (Å²) in [5.74, 6) is -4.16. The quantitative estimate of drug-likeness (QED) is 0.304. The largest absolute Gasteiger partial charge is 0.501 e. The number of hydrogen-bond acceptors (Lipinski definition) is 7. The summed E-state index contributed by atoms with van der Waals surface area (Å²) in [5.41, 5.74) is -6.59. The first-order valence-corrected chi connectivity index (χ1v) is 16.3. The van der Waals surface area contributed by atoms with Gasteiger partial charge < -0.3 is 25.2 Å². The van der Waals surface area contributed by atoms with Gasteiger partial charge in [0, 0.05) is 17.8 Å². The van der Waals surface area contributed by atoms with E-state index in [-0.39, 0.29) is 34.6 Å². The lowest BCUT2D eigenvalue weighted by molar-refractivity contribution is -0.150. The Bertz CT molecular complexity index is 1640. The van der Waals surface area contributed by atoms with Gasteiger partial charge in [0.25, 0.3) is 15.7 Å². The Labute approximate surface area is 262 Å². The third-order valence-electron chi connectivity index (χ3n) is 9.58. The minimum atomic E-state index is -5.63. The summed E-state index contributed by atoms with van der Waals surface area (Å²) >= 11 is 0. The summed E-state index contributed by atoms with van der Waals surface area (Å²) in [6, 6.07) is 5.44. The van der Waals surface area contributed by atoms with Gasteiger partial charge in [-0.1, -0.05) is 6.07 Å². The van der Waals surface area contributed by atoms with E-state index in [2.05, 4.69) is 10.6 Å². The molecule has 3 N–H and O–H groups in total. The van der Waals surface area contributed by atoms with Crippen LogP contribution in [-0.4, -0.2) is 56.1 Å². The van der Waals surface area contributed by atoms with E-state index in [4.69, 9.17) is 9.47 Å². The second-order valence-electron chi connectivity index (χ2n) is 12.5. The molecular formula is C31H34F4N2O8S. The molecule has 0 aromatic heterocycles. The molecule has 15 heteroatoms. The molecule has 4 atom stereocenters. The number of hydrogen-bond donors (Lipinski definition) is 3. The zero-order valence-corrected chi connectivity index (χ0v) is 25.8. The number of nitrogens with one attached hydrogen (secondary N) is 2. The average molecular weight is 671 g/mol. The van der Waals surface area contributed by atoms with Crippen LogP contribution in [-0.2, 0) is 19.4 Å². The topological polar surface area (TPSA) is 148 Å². The van der Waals surface area contributed by atoms with Crippen molar-refractivity contribution in [3.8, 4) is 11.5 Å². The van der Waals surface area contributed by atoms with Crippen molar-refractivity contribution in [2.45, 2.75) is 74.4 Å². The number of carbonyl (C=O) groups excluding carboxylic acids is 2. The number of aliphatic carboxylic acids is 1. The molecule has 4 unspecified atom stereocenters. The number of carbonyl (C=O) groups is 3. The lowest BCUT2D eigenvalue weighted by Crippen LogP contribution is -2.48. The molecular weight excluding hydrogens is 636 g/mol. The molecule has 10 nitrogen and oxygen atoms in total. The second kappa shape index (κ2) is 12.4. The number of ether oxygens (including phenoxy) is 2. The number of rotatable bonds is 9. The highest BCUT2D eigenvalue weighted by Gasteiger charge is 2.52. The first-order chi connectivity index (χ1) is 21.5. The fourth-order valence-electron chi connectivity index (χ4n) is 6.92. The minimum absolute atomic E-state index is 0.0444. The Morgan fingerprint density at radius 2 is 1.67 bits per heavy atom. The molecule has 3 aliphatic rings. The van der Waals surface area contributed by atoms with E-state index in [1.165, 1.54) is 19.2 Å². The highest BCUT2D eigenvalue weighted by molar-refractivity contribution is 7.92. The molecule has 3 fully saturated rings. The predicted octanol–water partition coefficient (Wildman–Crippen LogP) is 5.32. The van der Waals surface area contributed by atoms with Gasteiger partial charge in [-0.05, 0) is 88.0 Å². The maximum absolute atomic E-state index is 15.0. The van der Waals surface area contributed by atoms with Crippen LogP contribution in [0.1, 0.15) is 62.2 Å². The highest BCUT2D eigenvalue weighted by Crippen LogP contribution is 2.49. The number of amides is 2. The lowest BCUT2D eigenvalue weighted by atomic mass is 9.75. The van der Waals surface area contributed by atoms with Crippen LogP contribution in [0.2, 0.25) is 0 Å². The zero-order chi connectivity index (χ0) is 33.6. The summed E-state index contributed by atoms with van der Waals surface area (Å²) in [7, 11) is -4.37. The van der Waals surface area contributed by atoms with Crippen molar-refractivity contribution in [3.63, 3.8) is 0 Å². The number of anilines is 1. The van der Waals surface area contributed by atoms with E-state index < -0.39 is 67.3 Å².